The molecule has 1 saturated carbocycles. The van der Waals surface area contributed by atoms with Crippen LogP contribution in [-0.2, 0) is 10.0 Å². The van der Waals surface area contributed by atoms with Gasteiger partial charge in [0.25, 0.3) is 10.0 Å². The summed E-state index contributed by atoms with van der Waals surface area (Å²) in [6.07, 6.45) is 8.07. The van der Waals surface area contributed by atoms with Crippen LogP contribution < -0.4 is 11.1 Å². The van der Waals surface area contributed by atoms with E-state index >= 15 is 0 Å². The van der Waals surface area contributed by atoms with E-state index in [0.29, 0.717) is 16.7 Å². The fourth-order valence-corrected chi connectivity index (χ4v) is 5.17. The van der Waals surface area contributed by atoms with E-state index in [1.165, 1.54) is 10.3 Å². The second kappa shape index (κ2) is 7.44. The Labute approximate surface area is 180 Å². The van der Waals surface area contributed by atoms with Crippen LogP contribution in [0.15, 0.2) is 66.2 Å². The fourth-order valence-electron chi connectivity index (χ4n) is 3.86. The van der Waals surface area contributed by atoms with Crippen LogP contribution in [0.2, 0.25) is 0 Å². The lowest BCUT2D eigenvalue weighted by Crippen LogP contribution is -2.44. The summed E-state index contributed by atoms with van der Waals surface area (Å²) in [5, 5.41) is 4.26. The average molecular weight is 435 g/mol. The minimum Gasteiger partial charge on any atom is -0.381 e. The highest BCUT2D eigenvalue weighted by molar-refractivity contribution is 7.90. The zero-order chi connectivity index (χ0) is 21.6. The number of pyridine rings is 1. The number of rotatable bonds is 5. The summed E-state index contributed by atoms with van der Waals surface area (Å²) >= 11 is 0. The molecule has 8 nitrogen and oxygen atoms in total. The molecule has 9 heteroatoms. The summed E-state index contributed by atoms with van der Waals surface area (Å²) in [6.45, 7) is 1.92. The molecule has 3 heterocycles. The highest BCUT2D eigenvalue weighted by atomic mass is 32.2. The molecule has 5 rings (SSSR count). The predicted molar refractivity (Wildman–Crippen MR) is 119 cm³/mol. The molecule has 0 atom stereocenters. The molecule has 0 spiro atoms. The molecule has 0 radical (unpaired) electrons. The van der Waals surface area contributed by atoms with Crippen LogP contribution in [-0.4, -0.2) is 39.4 Å². The Bertz CT molecular complexity index is 1340. The number of fused-ring (bicyclic) bond motifs is 1. The maximum atomic E-state index is 13.3. The van der Waals surface area contributed by atoms with Crippen molar-refractivity contribution >= 4 is 26.7 Å². The number of hydrogen-bond acceptors (Lipinski definition) is 7. The van der Waals surface area contributed by atoms with Gasteiger partial charge in [-0.1, -0.05) is 17.7 Å². The molecule has 0 saturated heterocycles. The summed E-state index contributed by atoms with van der Waals surface area (Å²) in [7, 11) is -3.78. The van der Waals surface area contributed by atoms with Crippen molar-refractivity contribution in [3.8, 4) is 11.3 Å². The summed E-state index contributed by atoms with van der Waals surface area (Å²) < 4.78 is 27.8. The van der Waals surface area contributed by atoms with Gasteiger partial charge in [-0.05, 0) is 44.0 Å². The Morgan fingerprint density at radius 2 is 1.87 bits per heavy atom. The Morgan fingerprint density at radius 3 is 2.55 bits per heavy atom. The molecule has 1 fully saturated rings. The number of nitrogens with one attached hydrogen (secondary N) is 1. The third-order valence-corrected chi connectivity index (χ3v) is 7.32. The molecule has 4 aromatic rings. The van der Waals surface area contributed by atoms with Crippen LogP contribution in [0, 0.1) is 6.92 Å². The Hall–Kier alpha value is -3.30. The predicted octanol–water partition coefficient (Wildman–Crippen LogP) is 2.94. The quantitative estimate of drug-likeness (QED) is 0.496. The van der Waals surface area contributed by atoms with Crippen molar-refractivity contribution in [1.29, 1.82) is 0 Å². The maximum Gasteiger partial charge on any atom is 0.269 e. The van der Waals surface area contributed by atoms with Crippen LogP contribution in [0.25, 0.3) is 22.3 Å². The van der Waals surface area contributed by atoms with Gasteiger partial charge in [0.2, 0.25) is 0 Å². The van der Waals surface area contributed by atoms with Gasteiger partial charge in [-0.15, -0.1) is 0 Å². The van der Waals surface area contributed by atoms with Crippen molar-refractivity contribution in [2.45, 2.75) is 36.7 Å². The first kappa shape index (κ1) is 19.7. The van der Waals surface area contributed by atoms with E-state index in [0.717, 1.165) is 29.7 Å². The highest BCUT2D eigenvalue weighted by Gasteiger charge is 2.28. The van der Waals surface area contributed by atoms with Gasteiger partial charge in [0.15, 0.2) is 5.65 Å². The van der Waals surface area contributed by atoms with Crippen LogP contribution >= 0.6 is 0 Å². The summed E-state index contributed by atoms with van der Waals surface area (Å²) in [5.74, 6) is 0. The zero-order valence-corrected chi connectivity index (χ0v) is 17.7. The van der Waals surface area contributed by atoms with Crippen molar-refractivity contribution in [3.63, 3.8) is 0 Å². The molecule has 158 valence electrons. The van der Waals surface area contributed by atoms with E-state index in [9.17, 15) is 8.42 Å². The van der Waals surface area contributed by atoms with E-state index in [4.69, 9.17) is 5.73 Å². The van der Waals surface area contributed by atoms with Gasteiger partial charge >= 0.3 is 0 Å². The molecular weight excluding hydrogens is 412 g/mol. The molecule has 0 bridgehead atoms. The largest absolute Gasteiger partial charge is 0.381 e. The van der Waals surface area contributed by atoms with Crippen LogP contribution in [0.1, 0.15) is 18.4 Å². The highest BCUT2D eigenvalue weighted by Crippen LogP contribution is 2.36. The number of anilines is 1. The molecule has 1 aromatic carbocycles. The zero-order valence-electron chi connectivity index (χ0n) is 16.9. The number of aromatic nitrogens is 4. The van der Waals surface area contributed by atoms with Gasteiger partial charge in [-0.3, -0.25) is 0 Å². The van der Waals surface area contributed by atoms with E-state index in [-0.39, 0.29) is 17.0 Å². The van der Waals surface area contributed by atoms with Crippen molar-refractivity contribution in [3.05, 3.63) is 66.9 Å². The summed E-state index contributed by atoms with van der Waals surface area (Å²) in [5.41, 5.74) is 9.63. The van der Waals surface area contributed by atoms with Crippen LogP contribution in [0.4, 0.5) is 5.69 Å². The normalized spacial score (nSPS) is 18.6. The van der Waals surface area contributed by atoms with Gasteiger partial charge in [-0.2, -0.15) is 0 Å². The van der Waals surface area contributed by atoms with Crippen molar-refractivity contribution in [2.24, 2.45) is 5.73 Å². The van der Waals surface area contributed by atoms with Crippen molar-refractivity contribution in [2.75, 3.05) is 5.32 Å². The number of nitrogens with zero attached hydrogens (tertiary/aromatic N) is 4. The SMILES string of the molecule is Cc1ccc(S(=O)(=O)n2ccc3c(NC4CC(N)C4)c(-c4ccncn4)cnc32)cc1. The average Bonchev–Trinajstić information content (AvgIpc) is 3.19. The lowest BCUT2D eigenvalue weighted by Gasteiger charge is -2.34. The summed E-state index contributed by atoms with van der Waals surface area (Å²) in [6, 6.07) is 10.8. The van der Waals surface area contributed by atoms with Gasteiger partial charge in [0.05, 0.1) is 16.3 Å². The van der Waals surface area contributed by atoms with E-state index < -0.39 is 10.0 Å². The smallest absolute Gasteiger partial charge is 0.269 e. The third-order valence-electron chi connectivity index (χ3n) is 5.64. The van der Waals surface area contributed by atoms with Crippen molar-refractivity contribution in [1.82, 2.24) is 18.9 Å². The minimum atomic E-state index is -3.78. The summed E-state index contributed by atoms with van der Waals surface area (Å²) in [4.78, 5) is 13.1. The number of hydrogen-bond donors (Lipinski definition) is 2. The molecule has 1 aliphatic carbocycles. The number of benzene rings is 1. The topological polar surface area (TPSA) is 116 Å². The first-order valence-corrected chi connectivity index (χ1v) is 11.5. The maximum absolute atomic E-state index is 13.3. The lowest BCUT2D eigenvalue weighted by atomic mass is 9.87. The van der Waals surface area contributed by atoms with Crippen molar-refractivity contribution < 1.29 is 8.42 Å². The van der Waals surface area contributed by atoms with Gasteiger partial charge in [0, 0.05) is 41.6 Å². The molecule has 31 heavy (non-hydrogen) atoms. The van der Waals surface area contributed by atoms with E-state index in [1.807, 2.05) is 6.92 Å². The molecule has 1 aliphatic rings. The molecule has 0 aliphatic heterocycles. The molecule has 0 unspecified atom stereocenters. The Morgan fingerprint density at radius 1 is 1.10 bits per heavy atom. The minimum absolute atomic E-state index is 0.184. The molecule has 3 N–H and O–H groups in total. The molecule has 3 aromatic heterocycles. The first-order valence-electron chi connectivity index (χ1n) is 10.0. The first-order chi connectivity index (χ1) is 14.9. The fraction of sp³-hybridized carbons (Fsp3) is 0.227. The standard InChI is InChI=1S/C22H22N6O2S/c1-14-2-4-17(5-3-14)31(29,30)28-9-7-18-21(27-16-10-15(23)11-16)19(12-25-22(18)28)20-6-8-24-13-26-20/h2-9,12-13,15-16H,10-11,23H2,1H3,(H,25,27). The van der Waals surface area contributed by atoms with Gasteiger partial charge in [0.1, 0.15) is 6.33 Å². The van der Waals surface area contributed by atoms with Gasteiger partial charge < -0.3 is 11.1 Å². The monoisotopic (exact) mass is 434 g/mol. The van der Waals surface area contributed by atoms with E-state index in [2.05, 4.69) is 20.3 Å². The van der Waals surface area contributed by atoms with Gasteiger partial charge in [-0.25, -0.2) is 27.3 Å². The molecular formula is C22H22N6O2S. The number of nitrogens with two attached hydrogens (primary N) is 1. The Balaban J connectivity index is 1.66. The lowest BCUT2D eigenvalue weighted by molar-refractivity contribution is 0.374. The second-order valence-corrected chi connectivity index (χ2v) is 9.70. The van der Waals surface area contributed by atoms with Crippen LogP contribution in [0.3, 0.4) is 0 Å². The Kier molecular flexibility index (Phi) is 4.71. The second-order valence-electron chi connectivity index (χ2n) is 7.88. The molecule has 0 amide bonds. The number of aryl methyl sites for hydroxylation is 1. The van der Waals surface area contributed by atoms with E-state index in [1.54, 1.807) is 55.0 Å². The third kappa shape index (κ3) is 3.45. The van der Waals surface area contributed by atoms with Crippen LogP contribution in [0.5, 0.6) is 0 Å².